The molecule has 1 aromatic heterocycles. The number of amides is 1. The van der Waals surface area contributed by atoms with Gasteiger partial charge in [0.15, 0.2) is 5.96 Å². The monoisotopic (exact) mass is 530 g/mol. The number of carbonyl (C=O) groups is 1. The Bertz CT molecular complexity index is 1580. The summed E-state index contributed by atoms with van der Waals surface area (Å²) in [6.45, 7) is 5.74. The third kappa shape index (κ3) is 6.69. The van der Waals surface area contributed by atoms with Crippen LogP contribution in [0.4, 0.5) is 11.4 Å². The maximum atomic E-state index is 12.0. The Morgan fingerprint density at radius 2 is 1.40 bits per heavy atom. The number of H-pyrrole nitrogens is 1. The first-order valence-corrected chi connectivity index (χ1v) is 13.3. The summed E-state index contributed by atoms with van der Waals surface area (Å²) in [6, 6.07) is 33.9. The average Bonchev–Trinajstić information content (AvgIpc) is 3.38. The SMILES string of the molecule is Cc1ccc(CN(Cc2ccc(C)cc2)c2ccc3[nH]c(-c4ccc(NC(=O)CN=C(N)N)cc4)cc3c2)cc1. The van der Waals surface area contributed by atoms with Crippen LogP contribution in [0.5, 0.6) is 0 Å². The predicted octanol–water partition coefficient (Wildman–Crippen LogP) is 5.87. The summed E-state index contributed by atoms with van der Waals surface area (Å²) in [5, 5.41) is 3.93. The summed E-state index contributed by atoms with van der Waals surface area (Å²) in [7, 11) is 0. The number of hydrogen-bond donors (Lipinski definition) is 4. The number of carbonyl (C=O) groups excluding carboxylic acids is 1. The third-order valence-corrected chi connectivity index (χ3v) is 6.84. The van der Waals surface area contributed by atoms with Gasteiger partial charge in [-0.15, -0.1) is 0 Å². The van der Waals surface area contributed by atoms with Crippen LogP contribution in [0.25, 0.3) is 22.2 Å². The van der Waals surface area contributed by atoms with E-state index in [4.69, 9.17) is 11.5 Å². The van der Waals surface area contributed by atoms with E-state index in [0.29, 0.717) is 5.69 Å². The molecule has 0 saturated carbocycles. The minimum Gasteiger partial charge on any atom is -0.370 e. The van der Waals surface area contributed by atoms with E-state index in [1.165, 1.54) is 22.3 Å². The van der Waals surface area contributed by atoms with Gasteiger partial charge in [0, 0.05) is 41.1 Å². The number of aryl methyl sites for hydroxylation is 2. The Labute approximate surface area is 234 Å². The van der Waals surface area contributed by atoms with Crippen LogP contribution in [-0.2, 0) is 17.9 Å². The quantitative estimate of drug-likeness (QED) is 0.141. The van der Waals surface area contributed by atoms with Gasteiger partial charge in [0.1, 0.15) is 6.54 Å². The fourth-order valence-electron chi connectivity index (χ4n) is 4.64. The molecule has 0 spiro atoms. The molecule has 0 aliphatic heterocycles. The lowest BCUT2D eigenvalue weighted by molar-refractivity contribution is -0.114. The average molecular weight is 531 g/mol. The van der Waals surface area contributed by atoms with Crippen LogP contribution in [0.1, 0.15) is 22.3 Å². The maximum absolute atomic E-state index is 12.0. The van der Waals surface area contributed by atoms with Crippen molar-refractivity contribution in [1.82, 2.24) is 4.98 Å². The van der Waals surface area contributed by atoms with Gasteiger partial charge in [-0.1, -0.05) is 71.8 Å². The largest absolute Gasteiger partial charge is 0.370 e. The van der Waals surface area contributed by atoms with Gasteiger partial charge in [0.05, 0.1) is 0 Å². The second-order valence-corrected chi connectivity index (χ2v) is 10.1. The van der Waals surface area contributed by atoms with E-state index in [1.807, 2.05) is 24.3 Å². The minimum absolute atomic E-state index is 0.110. The highest BCUT2D eigenvalue weighted by atomic mass is 16.1. The molecule has 0 saturated heterocycles. The summed E-state index contributed by atoms with van der Waals surface area (Å²) < 4.78 is 0. The summed E-state index contributed by atoms with van der Waals surface area (Å²) >= 11 is 0. The Morgan fingerprint density at radius 1 is 0.800 bits per heavy atom. The van der Waals surface area contributed by atoms with E-state index >= 15 is 0 Å². The number of nitrogens with one attached hydrogen (secondary N) is 2. The molecule has 5 aromatic rings. The normalized spacial score (nSPS) is 10.8. The van der Waals surface area contributed by atoms with E-state index < -0.39 is 0 Å². The van der Waals surface area contributed by atoms with Crippen LogP contribution in [-0.4, -0.2) is 23.4 Å². The molecular weight excluding hydrogens is 496 g/mol. The molecular formula is C33H34N6O. The van der Waals surface area contributed by atoms with Crippen LogP contribution in [0.2, 0.25) is 0 Å². The second-order valence-electron chi connectivity index (χ2n) is 10.1. The number of nitrogens with zero attached hydrogens (tertiary/aromatic N) is 2. The summed E-state index contributed by atoms with van der Waals surface area (Å²) in [4.78, 5) is 21.7. The highest BCUT2D eigenvalue weighted by molar-refractivity contribution is 5.94. The number of fused-ring (bicyclic) bond motifs is 1. The Morgan fingerprint density at radius 3 is 1.98 bits per heavy atom. The van der Waals surface area contributed by atoms with Crippen LogP contribution >= 0.6 is 0 Å². The van der Waals surface area contributed by atoms with E-state index in [9.17, 15) is 4.79 Å². The fourth-order valence-corrected chi connectivity index (χ4v) is 4.64. The van der Waals surface area contributed by atoms with Crippen LogP contribution < -0.4 is 21.7 Å². The Hall–Kier alpha value is -5.04. The van der Waals surface area contributed by atoms with Gasteiger partial charge in [-0.25, -0.2) is 4.99 Å². The highest BCUT2D eigenvalue weighted by Crippen LogP contribution is 2.30. The fraction of sp³-hybridized carbons (Fsp3) is 0.152. The van der Waals surface area contributed by atoms with Gasteiger partial charge in [-0.3, -0.25) is 4.79 Å². The van der Waals surface area contributed by atoms with Gasteiger partial charge < -0.3 is 26.7 Å². The van der Waals surface area contributed by atoms with Crippen LogP contribution in [0.15, 0.2) is 102 Å². The molecule has 0 atom stereocenters. The number of aliphatic imine (C=N–C) groups is 1. The molecule has 6 N–H and O–H groups in total. The first-order valence-electron chi connectivity index (χ1n) is 13.3. The molecule has 0 bridgehead atoms. The third-order valence-electron chi connectivity index (χ3n) is 6.84. The number of nitrogens with two attached hydrogens (primary N) is 2. The smallest absolute Gasteiger partial charge is 0.246 e. The Kier molecular flexibility index (Phi) is 7.82. The lowest BCUT2D eigenvalue weighted by Crippen LogP contribution is -2.25. The second kappa shape index (κ2) is 11.8. The van der Waals surface area contributed by atoms with Gasteiger partial charge >= 0.3 is 0 Å². The van der Waals surface area contributed by atoms with Crippen molar-refractivity contribution in [3.63, 3.8) is 0 Å². The van der Waals surface area contributed by atoms with Crippen molar-refractivity contribution in [3.8, 4) is 11.3 Å². The van der Waals surface area contributed by atoms with Gasteiger partial charge in [-0.2, -0.15) is 0 Å². The molecule has 1 amide bonds. The molecule has 0 aliphatic rings. The van der Waals surface area contributed by atoms with Crippen molar-refractivity contribution < 1.29 is 4.79 Å². The zero-order valence-electron chi connectivity index (χ0n) is 22.8. The summed E-state index contributed by atoms with van der Waals surface area (Å²) in [5.41, 5.74) is 20.6. The molecule has 4 aromatic carbocycles. The number of aromatic amines is 1. The molecule has 5 rings (SSSR count). The van der Waals surface area contributed by atoms with E-state index in [1.54, 1.807) is 0 Å². The maximum Gasteiger partial charge on any atom is 0.246 e. The first-order chi connectivity index (χ1) is 19.3. The molecule has 0 radical (unpaired) electrons. The van der Waals surface area contributed by atoms with Crippen LogP contribution in [0.3, 0.4) is 0 Å². The molecule has 0 aliphatic carbocycles. The molecule has 1 heterocycles. The standard InChI is InChI=1S/C33H34N6O/c1-22-3-7-24(8-4-22)20-39(21-25-9-5-23(2)6-10-25)29-15-16-30-27(17-29)18-31(38-30)26-11-13-28(14-12-26)37-32(40)19-36-33(34)35/h3-18,38H,19-21H2,1-2H3,(H,37,40)(H4,34,35,36). The van der Waals surface area contributed by atoms with E-state index in [2.05, 4.69) is 107 Å². The van der Waals surface area contributed by atoms with E-state index in [0.717, 1.165) is 40.9 Å². The molecule has 0 unspecified atom stereocenters. The summed E-state index contributed by atoms with van der Waals surface area (Å²) in [5.74, 6) is -0.388. The number of anilines is 2. The minimum atomic E-state index is -0.278. The van der Waals surface area contributed by atoms with Crippen molar-refractivity contribution in [2.45, 2.75) is 26.9 Å². The lowest BCUT2D eigenvalue weighted by Gasteiger charge is -2.25. The van der Waals surface area contributed by atoms with Crippen molar-refractivity contribution in [2.75, 3.05) is 16.8 Å². The van der Waals surface area contributed by atoms with Gasteiger partial charge in [0.25, 0.3) is 0 Å². The van der Waals surface area contributed by atoms with Crippen molar-refractivity contribution in [1.29, 1.82) is 0 Å². The van der Waals surface area contributed by atoms with Crippen molar-refractivity contribution in [3.05, 3.63) is 119 Å². The number of aromatic nitrogens is 1. The van der Waals surface area contributed by atoms with Gasteiger partial charge in [-0.05, 0) is 66.9 Å². The molecule has 7 nitrogen and oxygen atoms in total. The molecule has 202 valence electrons. The van der Waals surface area contributed by atoms with E-state index in [-0.39, 0.29) is 18.4 Å². The number of hydrogen-bond acceptors (Lipinski definition) is 3. The van der Waals surface area contributed by atoms with Crippen LogP contribution in [0, 0.1) is 13.8 Å². The number of guanidine groups is 1. The van der Waals surface area contributed by atoms with Crippen molar-refractivity contribution >= 4 is 34.1 Å². The first kappa shape index (κ1) is 26.6. The lowest BCUT2D eigenvalue weighted by atomic mass is 10.1. The highest BCUT2D eigenvalue weighted by Gasteiger charge is 2.12. The summed E-state index contributed by atoms with van der Waals surface area (Å²) in [6.07, 6.45) is 0. The molecule has 40 heavy (non-hydrogen) atoms. The predicted molar refractivity (Wildman–Crippen MR) is 165 cm³/mol. The topological polar surface area (TPSA) is 113 Å². The zero-order valence-corrected chi connectivity index (χ0v) is 22.8. The number of benzene rings is 4. The van der Waals surface area contributed by atoms with Gasteiger partial charge in [0.2, 0.25) is 5.91 Å². The number of rotatable bonds is 9. The Balaban J connectivity index is 1.38. The molecule has 7 heteroatoms. The molecule has 0 fully saturated rings. The van der Waals surface area contributed by atoms with Crippen molar-refractivity contribution in [2.24, 2.45) is 16.5 Å². The zero-order chi connectivity index (χ0) is 28.1.